The van der Waals surface area contributed by atoms with E-state index in [0.29, 0.717) is 38.0 Å². The Morgan fingerprint density at radius 2 is 1.95 bits per heavy atom. The monoisotopic (exact) mass is 563 g/mol. The summed E-state index contributed by atoms with van der Waals surface area (Å²) >= 11 is 1.28. The van der Waals surface area contributed by atoms with Crippen LogP contribution in [0.5, 0.6) is 0 Å². The van der Waals surface area contributed by atoms with Gasteiger partial charge in [0.15, 0.2) is 11.1 Å². The van der Waals surface area contributed by atoms with Gasteiger partial charge >= 0.3 is 6.09 Å². The summed E-state index contributed by atoms with van der Waals surface area (Å²) in [6, 6.07) is 5.13. The van der Waals surface area contributed by atoms with Crippen molar-refractivity contribution in [1.82, 2.24) is 20.4 Å². The third kappa shape index (κ3) is 9.21. The number of likely N-dealkylation sites (tertiary alicyclic amines) is 2. The number of hydrogen-bond donors (Lipinski definition) is 3. The molecule has 2 aliphatic heterocycles. The van der Waals surface area contributed by atoms with Crippen LogP contribution in [0.25, 0.3) is 0 Å². The van der Waals surface area contributed by atoms with Gasteiger partial charge in [0.2, 0.25) is 11.8 Å². The van der Waals surface area contributed by atoms with Crippen LogP contribution < -0.4 is 16.4 Å². The summed E-state index contributed by atoms with van der Waals surface area (Å²) in [7, 11) is 1.89. The molecule has 0 unspecified atom stereocenters. The summed E-state index contributed by atoms with van der Waals surface area (Å²) in [6.45, 7) is 3.12. The van der Waals surface area contributed by atoms with Gasteiger partial charge in [0.25, 0.3) is 5.69 Å². The lowest BCUT2D eigenvalue weighted by Crippen LogP contribution is -2.45. The number of ether oxygens (including phenoxy) is 1. The van der Waals surface area contributed by atoms with Crippen LogP contribution in [0.2, 0.25) is 0 Å². The molecule has 0 aliphatic carbocycles. The van der Waals surface area contributed by atoms with Crippen molar-refractivity contribution in [3.8, 4) is 0 Å². The number of aliphatic imine (C=N–C) groups is 1. The summed E-state index contributed by atoms with van der Waals surface area (Å²) in [6.07, 6.45) is 0.465. The predicted octanol–water partition coefficient (Wildman–Crippen LogP) is 0.595. The summed E-state index contributed by atoms with van der Waals surface area (Å²) in [5.74, 6) is -0.441. The lowest BCUT2D eigenvalue weighted by molar-refractivity contribution is -0.384. The number of carbonyl (C=O) groups excluding carboxylic acids is 4. The first-order valence-corrected chi connectivity index (χ1v) is 13.3. The van der Waals surface area contributed by atoms with E-state index in [9.17, 15) is 29.3 Å². The highest BCUT2D eigenvalue weighted by Crippen LogP contribution is 2.28. The number of benzene rings is 1. The third-order valence-electron chi connectivity index (χ3n) is 6.36. The van der Waals surface area contributed by atoms with Crippen LogP contribution in [0.15, 0.2) is 29.3 Å². The largest absolute Gasteiger partial charge is 0.444 e. The molecule has 2 heterocycles. The van der Waals surface area contributed by atoms with Gasteiger partial charge in [-0.3, -0.25) is 39.7 Å². The minimum absolute atomic E-state index is 0.0183. The van der Waals surface area contributed by atoms with Gasteiger partial charge < -0.3 is 20.7 Å². The summed E-state index contributed by atoms with van der Waals surface area (Å²) in [5.41, 5.74) is 6.15. The van der Waals surface area contributed by atoms with Gasteiger partial charge in [-0.1, -0.05) is 11.8 Å². The fourth-order valence-electron chi connectivity index (χ4n) is 4.47. The maximum atomic E-state index is 13.0. The van der Waals surface area contributed by atoms with E-state index in [4.69, 9.17) is 10.5 Å². The number of alkyl carbamates (subject to hydrolysis) is 1. The summed E-state index contributed by atoms with van der Waals surface area (Å²) < 4.78 is 5.00. The molecular formula is C24H33N7O7S. The Kier molecular flexibility index (Phi) is 10.6. The number of thioether (sulfide) groups is 1. The number of nitrogens with two attached hydrogens (primary N) is 1. The van der Waals surface area contributed by atoms with Crippen molar-refractivity contribution in [2.45, 2.75) is 50.1 Å². The minimum atomic E-state index is -0.853. The number of guanidine groups is 1. The molecule has 0 bridgehead atoms. The van der Waals surface area contributed by atoms with Crippen molar-refractivity contribution in [2.75, 3.05) is 33.2 Å². The van der Waals surface area contributed by atoms with Crippen LogP contribution in [0.3, 0.4) is 0 Å². The van der Waals surface area contributed by atoms with E-state index in [1.807, 2.05) is 11.9 Å². The Balaban J connectivity index is 1.33. The zero-order valence-corrected chi connectivity index (χ0v) is 22.6. The van der Waals surface area contributed by atoms with Crippen molar-refractivity contribution in [2.24, 2.45) is 10.7 Å². The molecule has 1 aromatic carbocycles. The van der Waals surface area contributed by atoms with E-state index in [1.54, 1.807) is 4.90 Å². The average molecular weight is 564 g/mol. The second-order valence-electron chi connectivity index (χ2n) is 9.40. The van der Waals surface area contributed by atoms with Gasteiger partial charge in [-0.25, -0.2) is 4.79 Å². The second kappa shape index (κ2) is 13.9. The van der Waals surface area contributed by atoms with Crippen molar-refractivity contribution in [1.29, 1.82) is 0 Å². The van der Waals surface area contributed by atoms with E-state index in [-0.39, 0.29) is 65.5 Å². The van der Waals surface area contributed by atoms with Gasteiger partial charge in [0.1, 0.15) is 6.61 Å². The van der Waals surface area contributed by atoms with Crippen LogP contribution in [0, 0.1) is 10.1 Å². The predicted molar refractivity (Wildman–Crippen MR) is 144 cm³/mol. The number of likely N-dealkylation sites (N-methyl/N-ethyl adjacent to an activating group) is 1. The minimum Gasteiger partial charge on any atom is -0.444 e. The van der Waals surface area contributed by atoms with Gasteiger partial charge in [-0.15, -0.1) is 0 Å². The standard InChI is InChI=1S/C24H33N7O7S/c1-15(32)39-19-11-20(29(2)13-19)22(34)30-10-8-17(12-30)27-21(33)7-9-26-23(25)28-24(35)38-14-16-3-5-18(6-4-16)31(36)37/h3-6,17,19-20H,7-14H2,1-2H3,(H,27,33)(H3,25,26,28,35)/t17-,19-,20-/m0/s1. The molecule has 2 fully saturated rings. The topological polar surface area (TPSA) is 190 Å². The fraction of sp³-hybridized carbons (Fsp3) is 0.542. The van der Waals surface area contributed by atoms with Gasteiger partial charge in [-0.2, -0.15) is 0 Å². The fourth-order valence-corrected chi connectivity index (χ4v) is 5.53. The van der Waals surface area contributed by atoms with Crippen LogP contribution in [-0.2, 0) is 25.7 Å². The maximum absolute atomic E-state index is 13.0. The molecular weight excluding hydrogens is 530 g/mol. The molecule has 0 spiro atoms. The van der Waals surface area contributed by atoms with Crippen molar-refractivity contribution < 1.29 is 28.8 Å². The molecule has 212 valence electrons. The molecule has 14 nitrogen and oxygen atoms in total. The number of nitrogens with zero attached hydrogens (tertiary/aromatic N) is 4. The number of nitro benzene ring substituents is 1. The highest BCUT2D eigenvalue weighted by atomic mass is 32.2. The highest BCUT2D eigenvalue weighted by Gasteiger charge is 2.39. The summed E-state index contributed by atoms with van der Waals surface area (Å²) in [5, 5.41) is 16.0. The van der Waals surface area contributed by atoms with Crippen molar-refractivity contribution in [3.63, 3.8) is 0 Å². The number of amides is 3. The molecule has 4 N–H and O–H groups in total. The molecule has 2 saturated heterocycles. The molecule has 0 radical (unpaired) electrons. The molecule has 0 aromatic heterocycles. The van der Waals surface area contributed by atoms with Crippen LogP contribution >= 0.6 is 11.8 Å². The molecule has 0 saturated carbocycles. The van der Waals surface area contributed by atoms with Gasteiger partial charge in [0, 0.05) is 56.4 Å². The van der Waals surface area contributed by atoms with Crippen LogP contribution in [-0.4, -0.2) is 94.3 Å². The molecule has 3 rings (SSSR count). The van der Waals surface area contributed by atoms with Crippen molar-refractivity contribution in [3.05, 3.63) is 39.9 Å². The third-order valence-corrected chi connectivity index (χ3v) is 7.37. The smallest absolute Gasteiger partial charge is 0.414 e. The number of rotatable bonds is 9. The molecule has 1 aromatic rings. The summed E-state index contributed by atoms with van der Waals surface area (Å²) in [4.78, 5) is 66.4. The Bertz CT molecular complexity index is 1110. The number of hydrogen-bond acceptors (Lipinski definition) is 10. The van der Waals surface area contributed by atoms with E-state index < -0.39 is 11.0 Å². The number of carbonyl (C=O) groups is 4. The number of nitrogens with one attached hydrogen (secondary N) is 2. The lowest BCUT2D eigenvalue weighted by atomic mass is 10.2. The second-order valence-corrected chi connectivity index (χ2v) is 10.9. The molecule has 2 aliphatic rings. The Hall–Kier alpha value is -3.72. The van der Waals surface area contributed by atoms with E-state index in [0.717, 1.165) is 0 Å². The Morgan fingerprint density at radius 1 is 1.23 bits per heavy atom. The number of nitro groups is 1. The van der Waals surface area contributed by atoms with Crippen LogP contribution in [0.4, 0.5) is 10.5 Å². The van der Waals surface area contributed by atoms with Crippen LogP contribution in [0.1, 0.15) is 31.7 Å². The Labute approximate surface area is 229 Å². The molecule has 3 amide bonds. The lowest BCUT2D eigenvalue weighted by Gasteiger charge is -2.25. The first-order chi connectivity index (χ1) is 18.5. The average Bonchev–Trinajstić information content (AvgIpc) is 3.48. The Morgan fingerprint density at radius 3 is 2.62 bits per heavy atom. The molecule has 39 heavy (non-hydrogen) atoms. The zero-order valence-electron chi connectivity index (χ0n) is 21.8. The normalized spacial score (nSPS) is 21.4. The van der Waals surface area contributed by atoms with Gasteiger partial charge in [0.05, 0.1) is 17.5 Å². The SMILES string of the molecule is CC(=O)S[C@H]1C[C@@H](C(=O)N2CC[C@H](NC(=O)CCN=C(N)NC(=O)OCc3ccc([N+](=O)[O-])cc3)C2)N(C)C1. The maximum Gasteiger partial charge on any atom is 0.414 e. The quantitative estimate of drug-likeness (QED) is 0.166. The first-order valence-electron chi connectivity index (χ1n) is 12.4. The number of non-ortho nitro benzene ring substituents is 1. The van der Waals surface area contributed by atoms with E-state index >= 15 is 0 Å². The van der Waals surface area contributed by atoms with E-state index in [1.165, 1.54) is 43.0 Å². The molecule has 3 atom stereocenters. The van der Waals surface area contributed by atoms with E-state index in [2.05, 4.69) is 15.6 Å². The first kappa shape index (κ1) is 29.8. The van der Waals surface area contributed by atoms with Gasteiger partial charge in [-0.05, 0) is 37.6 Å². The van der Waals surface area contributed by atoms with Crippen molar-refractivity contribution >= 4 is 46.4 Å². The zero-order chi connectivity index (χ0) is 28.5. The molecule has 15 heteroatoms. The highest BCUT2D eigenvalue weighted by molar-refractivity contribution is 8.14.